The van der Waals surface area contributed by atoms with Crippen molar-refractivity contribution in [2.75, 3.05) is 3.71 Å². The average Bonchev–Trinajstić information content (AvgIpc) is 3.10. The molecular formula is C27H27BrN2O5S2. The first-order valence-corrected chi connectivity index (χ1v) is 15.1. The van der Waals surface area contributed by atoms with E-state index in [1.807, 2.05) is 0 Å². The number of benzene rings is 3. The second-order valence-corrected chi connectivity index (χ2v) is 14.5. The van der Waals surface area contributed by atoms with E-state index in [1.54, 1.807) is 83.1 Å². The molecule has 0 radical (unpaired) electrons. The second-order valence-electron chi connectivity index (χ2n) is 9.88. The highest BCUT2D eigenvalue weighted by atomic mass is 79.9. The number of nitrogens with zero attached hydrogens (tertiary/aromatic N) is 2. The molecule has 0 aliphatic carbocycles. The van der Waals surface area contributed by atoms with Crippen LogP contribution in [0.15, 0.2) is 87.1 Å². The smallest absolute Gasteiger partial charge is 0.273 e. The van der Waals surface area contributed by atoms with Gasteiger partial charge in [-0.15, -0.1) is 3.71 Å². The monoisotopic (exact) mass is 602 g/mol. The lowest BCUT2D eigenvalue weighted by atomic mass is 9.95. The Morgan fingerprint density at radius 1 is 0.757 bits per heavy atom. The lowest BCUT2D eigenvalue weighted by molar-refractivity contribution is 0.0775. The Morgan fingerprint density at radius 3 is 1.62 bits per heavy atom. The zero-order chi connectivity index (χ0) is 27.3. The molecule has 0 spiro atoms. The van der Waals surface area contributed by atoms with E-state index in [-0.39, 0.29) is 20.1 Å². The molecule has 194 valence electrons. The Morgan fingerprint density at radius 2 is 1.19 bits per heavy atom. The van der Waals surface area contributed by atoms with Crippen LogP contribution < -0.4 is 3.71 Å². The van der Waals surface area contributed by atoms with Crippen LogP contribution in [0.25, 0.3) is 10.9 Å². The quantitative estimate of drug-likeness (QED) is 0.267. The summed E-state index contributed by atoms with van der Waals surface area (Å²) in [5.74, 6) is -0.769. The van der Waals surface area contributed by atoms with Crippen LogP contribution in [0.2, 0.25) is 0 Å². The number of fused-ring (bicyclic) bond motifs is 1. The maximum absolute atomic E-state index is 14.2. The summed E-state index contributed by atoms with van der Waals surface area (Å²) in [6.45, 7) is 8.67. The number of halogens is 1. The molecule has 4 aromatic rings. The maximum atomic E-state index is 14.2. The Kier molecular flexibility index (Phi) is 6.89. The van der Waals surface area contributed by atoms with E-state index in [2.05, 4.69) is 15.9 Å². The molecule has 0 amide bonds. The van der Waals surface area contributed by atoms with Crippen molar-refractivity contribution in [1.82, 2.24) is 4.57 Å². The lowest BCUT2D eigenvalue weighted by Crippen LogP contribution is -2.40. The molecule has 0 saturated heterocycles. The Bertz CT molecular complexity index is 1640. The minimum absolute atomic E-state index is 0.173. The number of sulfonamides is 2. The summed E-state index contributed by atoms with van der Waals surface area (Å²) < 4.78 is 58.5. The summed E-state index contributed by atoms with van der Waals surface area (Å²) >= 11 is 3.45. The molecule has 3 aromatic carbocycles. The van der Waals surface area contributed by atoms with Crippen molar-refractivity contribution < 1.29 is 21.6 Å². The van der Waals surface area contributed by atoms with Crippen molar-refractivity contribution in [2.24, 2.45) is 5.41 Å². The zero-order valence-electron chi connectivity index (χ0n) is 21.1. The van der Waals surface area contributed by atoms with Crippen molar-refractivity contribution in [3.8, 4) is 0 Å². The van der Waals surface area contributed by atoms with Crippen LogP contribution in [0, 0.1) is 19.3 Å². The molecule has 0 N–H and O–H groups in total. The summed E-state index contributed by atoms with van der Waals surface area (Å²) in [4.78, 5) is 13.3. The van der Waals surface area contributed by atoms with Crippen LogP contribution in [0.5, 0.6) is 0 Å². The minimum atomic E-state index is -4.72. The third-order valence-electron chi connectivity index (χ3n) is 5.88. The number of hydrogen-bond donors (Lipinski definition) is 0. The van der Waals surface area contributed by atoms with Gasteiger partial charge in [0.15, 0.2) is 5.82 Å². The first kappa shape index (κ1) is 27.1. The summed E-state index contributed by atoms with van der Waals surface area (Å²) in [7, 11) is -9.43. The minimum Gasteiger partial charge on any atom is -0.273 e. The molecular weight excluding hydrogens is 576 g/mol. The fourth-order valence-corrected chi connectivity index (χ4v) is 8.48. The third kappa shape index (κ3) is 4.73. The third-order valence-corrected chi connectivity index (χ3v) is 10.8. The SMILES string of the molecule is Cc1ccc(S(=O)(=O)N(c2c(Br)c3ccccc3n2C(=O)C(C)(C)C)S(=O)(=O)c2ccc(C)cc2)cc1. The zero-order valence-corrected chi connectivity index (χ0v) is 24.3. The van der Waals surface area contributed by atoms with Crippen molar-refractivity contribution >= 4 is 58.6 Å². The van der Waals surface area contributed by atoms with Crippen LogP contribution in [0.3, 0.4) is 0 Å². The molecule has 1 aromatic heterocycles. The topological polar surface area (TPSA) is 93.5 Å². The molecule has 1 heterocycles. The lowest BCUT2D eigenvalue weighted by Gasteiger charge is -2.27. The van der Waals surface area contributed by atoms with Crippen molar-refractivity contribution in [1.29, 1.82) is 0 Å². The van der Waals surface area contributed by atoms with E-state index in [0.717, 1.165) is 11.1 Å². The molecule has 0 aliphatic heterocycles. The molecule has 0 saturated carbocycles. The van der Waals surface area contributed by atoms with Gasteiger partial charge in [-0.3, -0.25) is 9.36 Å². The van der Waals surface area contributed by atoms with Crippen molar-refractivity contribution in [3.63, 3.8) is 0 Å². The van der Waals surface area contributed by atoms with Crippen molar-refractivity contribution in [3.05, 3.63) is 88.4 Å². The normalized spacial score (nSPS) is 12.6. The summed E-state index contributed by atoms with van der Waals surface area (Å²) in [6.07, 6.45) is 0. The first-order valence-electron chi connectivity index (χ1n) is 11.4. The molecule has 0 fully saturated rings. The number of para-hydroxylation sites is 1. The highest BCUT2D eigenvalue weighted by molar-refractivity contribution is 9.10. The highest BCUT2D eigenvalue weighted by Crippen LogP contribution is 2.43. The van der Waals surface area contributed by atoms with Gasteiger partial charge in [0.2, 0.25) is 5.91 Å². The van der Waals surface area contributed by atoms with E-state index in [1.165, 1.54) is 28.8 Å². The van der Waals surface area contributed by atoms with Gasteiger partial charge in [0.05, 0.1) is 19.8 Å². The highest BCUT2D eigenvalue weighted by Gasteiger charge is 2.43. The van der Waals surface area contributed by atoms with Crippen LogP contribution in [0.4, 0.5) is 5.82 Å². The summed E-state index contributed by atoms with van der Waals surface area (Å²) in [5, 5.41) is 0.498. The van der Waals surface area contributed by atoms with Gasteiger partial charge >= 0.3 is 0 Å². The van der Waals surface area contributed by atoms with E-state index in [9.17, 15) is 21.6 Å². The predicted octanol–water partition coefficient (Wildman–Crippen LogP) is 6.29. The summed E-state index contributed by atoms with van der Waals surface area (Å²) in [6, 6.07) is 18.6. The standard InChI is InChI=1S/C27H27BrN2O5S2/c1-18-10-14-20(15-11-18)36(32,33)30(37(34,35)21-16-12-19(2)13-17-21)25-24(28)22-8-6-7-9-23(22)29(25)26(31)27(3,4)5/h6-17H,1-5H3. The number of anilines is 1. The van der Waals surface area contributed by atoms with E-state index in [0.29, 0.717) is 14.6 Å². The van der Waals surface area contributed by atoms with Gasteiger partial charge in [-0.1, -0.05) is 74.4 Å². The van der Waals surface area contributed by atoms with Gasteiger partial charge in [-0.25, -0.2) is 0 Å². The van der Waals surface area contributed by atoms with E-state index in [4.69, 9.17) is 0 Å². The molecule has 10 heteroatoms. The number of aromatic nitrogens is 1. The van der Waals surface area contributed by atoms with Gasteiger partial charge in [0.25, 0.3) is 20.0 Å². The van der Waals surface area contributed by atoms with Gasteiger partial charge in [-0.2, -0.15) is 16.8 Å². The number of carbonyl (C=O) groups excluding carboxylic acids is 1. The predicted molar refractivity (Wildman–Crippen MR) is 149 cm³/mol. The number of rotatable bonds is 5. The Hall–Kier alpha value is -2.95. The van der Waals surface area contributed by atoms with Crippen LogP contribution in [0.1, 0.15) is 36.7 Å². The van der Waals surface area contributed by atoms with E-state index < -0.39 is 31.4 Å². The van der Waals surface area contributed by atoms with Crippen LogP contribution >= 0.6 is 15.9 Å². The maximum Gasteiger partial charge on any atom is 0.278 e. The number of aryl methyl sites for hydroxylation is 2. The average molecular weight is 604 g/mol. The molecule has 0 aliphatic rings. The molecule has 37 heavy (non-hydrogen) atoms. The van der Waals surface area contributed by atoms with Crippen LogP contribution in [-0.4, -0.2) is 27.3 Å². The Labute approximate surface area is 226 Å². The Balaban J connectivity index is 2.17. The summed E-state index contributed by atoms with van der Waals surface area (Å²) in [5.41, 5.74) is 1.05. The van der Waals surface area contributed by atoms with Gasteiger partial charge < -0.3 is 0 Å². The molecule has 0 unspecified atom stereocenters. The fourth-order valence-electron chi connectivity index (χ4n) is 3.86. The van der Waals surface area contributed by atoms with Gasteiger partial charge in [0.1, 0.15) is 0 Å². The largest absolute Gasteiger partial charge is 0.278 e. The second kappa shape index (κ2) is 9.41. The molecule has 7 nitrogen and oxygen atoms in total. The van der Waals surface area contributed by atoms with Gasteiger partial charge in [-0.05, 0) is 60.1 Å². The van der Waals surface area contributed by atoms with Crippen molar-refractivity contribution in [2.45, 2.75) is 44.4 Å². The number of hydrogen-bond acceptors (Lipinski definition) is 5. The van der Waals surface area contributed by atoms with Gasteiger partial charge in [0, 0.05) is 10.8 Å². The van der Waals surface area contributed by atoms with E-state index >= 15 is 0 Å². The molecule has 0 bridgehead atoms. The first-order chi connectivity index (χ1) is 17.2. The molecule has 4 rings (SSSR count). The fraction of sp³-hybridized carbons (Fsp3) is 0.222. The number of carbonyl (C=O) groups is 1. The van der Waals surface area contributed by atoms with Crippen LogP contribution in [-0.2, 0) is 20.0 Å². The molecule has 0 atom stereocenters.